The summed E-state index contributed by atoms with van der Waals surface area (Å²) in [6.07, 6.45) is 2.61. The second-order valence-electron chi connectivity index (χ2n) is 5.92. The molecule has 0 N–H and O–H groups in total. The SMILES string of the molecule is CC1CCCN(C(=O)Cc2csc(-c3cccc(F)c3)n2)C1. The summed E-state index contributed by atoms with van der Waals surface area (Å²) in [5.74, 6) is 0.450. The molecule has 1 unspecified atom stereocenters. The van der Waals surface area contributed by atoms with E-state index in [4.69, 9.17) is 0 Å². The highest BCUT2D eigenvalue weighted by molar-refractivity contribution is 7.13. The zero-order valence-corrected chi connectivity index (χ0v) is 13.4. The molecule has 1 aliphatic rings. The maximum absolute atomic E-state index is 13.3. The van der Waals surface area contributed by atoms with Crippen molar-refractivity contribution in [2.45, 2.75) is 26.2 Å². The molecular formula is C17H19FN2OS. The van der Waals surface area contributed by atoms with Crippen LogP contribution < -0.4 is 0 Å². The minimum atomic E-state index is -0.271. The Kier molecular flexibility index (Phi) is 4.52. The molecule has 3 nitrogen and oxygen atoms in total. The molecule has 0 aliphatic carbocycles. The van der Waals surface area contributed by atoms with E-state index < -0.39 is 0 Å². The average molecular weight is 318 g/mol. The summed E-state index contributed by atoms with van der Waals surface area (Å²) in [6, 6.07) is 6.39. The van der Waals surface area contributed by atoms with Gasteiger partial charge in [-0.3, -0.25) is 4.79 Å². The Balaban J connectivity index is 1.68. The lowest BCUT2D eigenvalue weighted by atomic mass is 10.00. The van der Waals surface area contributed by atoms with Crippen LogP contribution in [0, 0.1) is 11.7 Å². The molecule has 1 amide bonds. The van der Waals surface area contributed by atoms with Crippen molar-refractivity contribution in [2.75, 3.05) is 13.1 Å². The highest BCUT2D eigenvalue weighted by atomic mass is 32.1. The van der Waals surface area contributed by atoms with Gasteiger partial charge >= 0.3 is 0 Å². The van der Waals surface area contributed by atoms with Gasteiger partial charge in [0.2, 0.25) is 5.91 Å². The Morgan fingerprint density at radius 2 is 2.36 bits per heavy atom. The van der Waals surface area contributed by atoms with Gasteiger partial charge in [0.15, 0.2) is 0 Å². The van der Waals surface area contributed by atoms with E-state index in [9.17, 15) is 9.18 Å². The fraction of sp³-hybridized carbons (Fsp3) is 0.412. The van der Waals surface area contributed by atoms with Crippen molar-refractivity contribution in [3.8, 4) is 10.6 Å². The van der Waals surface area contributed by atoms with Gasteiger partial charge in [0.05, 0.1) is 12.1 Å². The zero-order valence-electron chi connectivity index (χ0n) is 12.6. The van der Waals surface area contributed by atoms with Crippen LogP contribution in [0.25, 0.3) is 10.6 Å². The van der Waals surface area contributed by atoms with Crippen molar-refractivity contribution in [1.29, 1.82) is 0 Å². The second kappa shape index (κ2) is 6.57. The number of thiazole rings is 1. The van der Waals surface area contributed by atoms with E-state index in [0.717, 1.165) is 35.8 Å². The summed E-state index contributed by atoms with van der Waals surface area (Å²) in [5.41, 5.74) is 1.53. The molecule has 1 saturated heterocycles. The molecule has 0 saturated carbocycles. The summed E-state index contributed by atoms with van der Waals surface area (Å²) >= 11 is 1.45. The van der Waals surface area contributed by atoms with Crippen molar-refractivity contribution in [2.24, 2.45) is 5.92 Å². The number of hydrogen-bond donors (Lipinski definition) is 0. The van der Waals surface area contributed by atoms with Gasteiger partial charge in [-0.05, 0) is 30.9 Å². The van der Waals surface area contributed by atoms with Crippen molar-refractivity contribution in [1.82, 2.24) is 9.88 Å². The van der Waals surface area contributed by atoms with Crippen LogP contribution in [0.1, 0.15) is 25.5 Å². The maximum Gasteiger partial charge on any atom is 0.228 e. The summed E-state index contributed by atoms with van der Waals surface area (Å²) < 4.78 is 13.3. The van der Waals surface area contributed by atoms with Crippen LogP contribution in [-0.2, 0) is 11.2 Å². The Morgan fingerprint density at radius 3 is 3.14 bits per heavy atom. The normalized spacial score (nSPS) is 18.5. The van der Waals surface area contributed by atoms with E-state index >= 15 is 0 Å². The summed E-state index contributed by atoms with van der Waals surface area (Å²) in [4.78, 5) is 18.8. The van der Waals surface area contributed by atoms with Gasteiger partial charge in [-0.1, -0.05) is 19.1 Å². The number of likely N-dealkylation sites (tertiary alicyclic amines) is 1. The average Bonchev–Trinajstić information content (AvgIpc) is 2.96. The first-order valence-corrected chi connectivity index (χ1v) is 8.48. The lowest BCUT2D eigenvalue weighted by molar-refractivity contribution is -0.132. The van der Waals surface area contributed by atoms with Crippen molar-refractivity contribution in [3.05, 3.63) is 41.2 Å². The van der Waals surface area contributed by atoms with E-state index in [1.807, 2.05) is 16.3 Å². The third-order valence-electron chi connectivity index (χ3n) is 3.97. The third kappa shape index (κ3) is 3.53. The Hall–Kier alpha value is -1.75. The first-order chi connectivity index (χ1) is 10.6. The van der Waals surface area contributed by atoms with Gasteiger partial charge < -0.3 is 4.90 Å². The highest BCUT2D eigenvalue weighted by Gasteiger charge is 2.21. The Labute approximate surface area is 133 Å². The quantitative estimate of drug-likeness (QED) is 0.863. The number of carbonyl (C=O) groups excluding carboxylic acids is 1. The number of amides is 1. The predicted octanol–water partition coefficient (Wildman–Crippen LogP) is 3.75. The molecule has 0 spiro atoms. The number of aromatic nitrogens is 1. The van der Waals surface area contributed by atoms with Gasteiger partial charge in [-0.15, -0.1) is 11.3 Å². The van der Waals surface area contributed by atoms with E-state index in [-0.39, 0.29) is 11.7 Å². The zero-order chi connectivity index (χ0) is 15.5. The van der Waals surface area contributed by atoms with Gasteiger partial charge in [0, 0.05) is 24.0 Å². The van der Waals surface area contributed by atoms with E-state index in [1.54, 1.807) is 6.07 Å². The number of carbonyl (C=O) groups is 1. The minimum Gasteiger partial charge on any atom is -0.342 e. The summed E-state index contributed by atoms with van der Waals surface area (Å²) in [5, 5.41) is 2.65. The lowest BCUT2D eigenvalue weighted by Gasteiger charge is -2.30. The molecular weight excluding hydrogens is 299 g/mol. The number of nitrogens with zero attached hydrogens (tertiary/aromatic N) is 2. The molecule has 2 aromatic rings. The number of rotatable bonds is 3. The Bertz CT molecular complexity index is 670. The Morgan fingerprint density at radius 1 is 1.50 bits per heavy atom. The molecule has 2 heterocycles. The minimum absolute atomic E-state index is 0.141. The van der Waals surface area contributed by atoms with Gasteiger partial charge in [0.1, 0.15) is 10.8 Å². The van der Waals surface area contributed by atoms with Crippen LogP contribution in [0.4, 0.5) is 4.39 Å². The van der Waals surface area contributed by atoms with E-state index in [0.29, 0.717) is 12.3 Å². The molecule has 5 heteroatoms. The molecule has 22 heavy (non-hydrogen) atoms. The predicted molar refractivity (Wildman–Crippen MR) is 86.2 cm³/mol. The van der Waals surface area contributed by atoms with Gasteiger partial charge in [0.25, 0.3) is 0 Å². The second-order valence-corrected chi connectivity index (χ2v) is 6.78. The topological polar surface area (TPSA) is 33.2 Å². The van der Waals surface area contributed by atoms with E-state index in [2.05, 4.69) is 11.9 Å². The maximum atomic E-state index is 13.3. The first kappa shape index (κ1) is 15.2. The van der Waals surface area contributed by atoms with Crippen LogP contribution >= 0.6 is 11.3 Å². The van der Waals surface area contributed by atoms with Crippen molar-refractivity contribution >= 4 is 17.2 Å². The van der Waals surface area contributed by atoms with Crippen LogP contribution in [0.2, 0.25) is 0 Å². The molecule has 1 aromatic carbocycles. The molecule has 1 aliphatic heterocycles. The number of halogens is 1. The standard InChI is InChI=1S/C17H19FN2OS/c1-12-4-3-7-20(10-12)16(21)9-15-11-22-17(19-15)13-5-2-6-14(18)8-13/h2,5-6,8,11-12H,3-4,7,9-10H2,1H3. The summed E-state index contributed by atoms with van der Waals surface area (Å²) in [7, 11) is 0. The molecule has 1 aromatic heterocycles. The van der Waals surface area contributed by atoms with Gasteiger partial charge in [-0.2, -0.15) is 0 Å². The number of hydrogen-bond acceptors (Lipinski definition) is 3. The third-order valence-corrected chi connectivity index (χ3v) is 4.91. The molecule has 116 valence electrons. The monoisotopic (exact) mass is 318 g/mol. The van der Waals surface area contributed by atoms with Gasteiger partial charge in [-0.25, -0.2) is 9.37 Å². The van der Waals surface area contributed by atoms with Crippen molar-refractivity contribution < 1.29 is 9.18 Å². The molecule has 1 fully saturated rings. The van der Waals surface area contributed by atoms with Crippen LogP contribution in [0.3, 0.4) is 0 Å². The summed E-state index contributed by atoms with van der Waals surface area (Å²) in [6.45, 7) is 3.88. The molecule has 0 radical (unpaired) electrons. The van der Waals surface area contributed by atoms with Crippen LogP contribution in [-0.4, -0.2) is 28.9 Å². The fourth-order valence-corrected chi connectivity index (χ4v) is 3.64. The van der Waals surface area contributed by atoms with Crippen LogP contribution in [0.5, 0.6) is 0 Å². The number of piperidine rings is 1. The van der Waals surface area contributed by atoms with Crippen LogP contribution in [0.15, 0.2) is 29.6 Å². The van der Waals surface area contributed by atoms with E-state index in [1.165, 1.54) is 29.9 Å². The fourth-order valence-electron chi connectivity index (χ4n) is 2.82. The first-order valence-electron chi connectivity index (χ1n) is 7.60. The highest BCUT2D eigenvalue weighted by Crippen LogP contribution is 2.25. The number of benzene rings is 1. The van der Waals surface area contributed by atoms with Crippen molar-refractivity contribution in [3.63, 3.8) is 0 Å². The smallest absolute Gasteiger partial charge is 0.228 e. The molecule has 1 atom stereocenters. The largest absolute Gasteiger partial charge is 0.342 e. The molecule has 3 rings (SSSR count). The lowest BCUT2D eigenvalue weighted by Crippen LogP contribution is -2.39. The molecule has 0 bridgehead atoms.